The van der Waals surface area contributed by atoms with Crippen molar-refractivity contribution < 1.29 is 33.3 Å². The van der Waals surface area contributed by atoms with E-state index >= 15 is 0 Å². The number of unbranched alkanes of at least 4 members (excludes halogenated alkanes) is 11. The summed E-state index contributed by atoms with van der Waals surface area (Å²) in [5.41, 5.74) is 1.52. The van der Waals surface area contributed by atoms with Crippen LogP contribution in [0.5, 0.6) is 0 Å². The smallest absolute Gasteiger partial charge is 0.320 e. The van der Waals surface area contributed by atoms with Crippen molar-refractivity contribution in [3.05, 3.63) is 11.3 Å². The van der Waals surface area contributed by atoms with E-state index in [-0.39, 0.29) is 25.6 Å². The first-order valence-corrected chi connectivity index (χ1v) is 20.8. The number of hydrogen-bond acceptors (Lipinski definition) is 8. The average molecular weight is 708 g/mol. The number of nitrogens with zero attached hydrogens (tertiary/aromatic N) is 1. The molecule has 1 rings (SSSR count). The molecular weight excluding hydrogens is 630 g/mol. The van der Waals surface area contributed by atoms with Crippen LogP contribution < -0.4 is 0 Å². The van der Waals surface area contributed by atoms with Crippen LogP contribution in [0.25, 0.3) is 0 Å². The van der Waals surface area contributed by atoms with Crippen LogP contribution >= 0.6 is 0 Å². The quantitative estimate of drug-likeness (QED) is 0.0288. The molecule has 292 valence electrons. The number of rotatable bonds is 33. The molecule has 50 heavy (non-hydrogen) atoms. The van der Waals surface area contributed by atoms with E-state index in [0.29, 0.717) is 31.7 Å². The van der Waals surface area contributed by atoms with Gasteiger partial charge in [-0.15, -0.1) is 0 Å². The Hall–Kier alpha value is -2.09. The van der Waals surface area contributed by atoms with Crippen LogP contribution in [0.3, 0.4) is 0 Å². The van der Waals surface area contributed by atoms with E-state index in [1.165, 1.54) is 74.0 Å². The minimum atomic E-state index is -0.439. The lowest BCUT2D eigenvalue weighted by Gasteiger charge is -2.27. The van der Waals surface area contributed by atoms with Crippen molar-refractivity contribution in [2.75, 3.05) is 46.1 Å². The summed E-state index contributed by atoms with van der Waals surface area (Å²) in [6.07, 6.45) is 23.4. The molecule has 0 N–H and O–H groups in total. The van der Waals surface area contributed by atoms with Crippen molar-refractivity contribution in [3.8, 4) is 0 Å². The fourth-order valence-electron chi connectivity index (χ4n) is 6.37. The fraction of sp³-hybridized carbons (Fsp3) is 0.881. The molecule has 3 atom stereocenters. The lowest BCUT2D eigenvalue weighted by Crippen LogP contribution is -2.40. The maximum absolute atomic E-state index is 12.9. The van der Waals surface area contributed by atoms with Gasteiger partial charge in [-0.25, -0.2) is 0 Å². The van der Waals surface area contributed by atoms with E-state index in [1.54, 1.807) is 0 Å². The van der Waals surface area contributed by atoms with Gasteiger partial charge in [0.2, 0.25) is 0 Å². The molecule has 0 aromatic carbocycles. The highest BCUT2D eigenvalue weighted by atomic mass is 16.5. The Morgan fingerprint density at radius 2 is 1.10 bits per heavy atom. The molecule has 8 nitrogen and oxygen atoms in total. The van der Waals surface area contributed by atoms with Crippen molar-refractivity contribution >= 4 is 17.9 Å². The number of hydrogen-bond donors (Lipinski definition) is 0. The number of carbonyl (C=O) groups excluding carboxylic acids is 3. The summed E-state index contributed by atoms with van der Waals surface area (Å²) >= 11 is 0. The number of esters is 3. The molecule has 0 amide bonds. The summed E-state index contributed by atoms with van der Waals surface area (Å²) < 4.78 is 22.8. The molecule has 0 spiro atoms. The second-order valence-corrected chi connectivity index (χ2v) is 14.9. The normalized spacial score (nSPS) is 14.5. The summed E-state index contributed by atoms with van der Waals surface area (Å²) in [4.78, 5) is 39.6. The standard InChI is InChI=1S/C42H77NO7/c1-7-11-13-15-17-21-28-47-40(44)30-43(31-41(45)48-29-22-18-16-14-12-8-2)32-42(46)50-33-35(5)24-19-20-25-38(36(6)9-3)34-49-39(10-4)37-26-23-27-37/h35-36,38H,7-34H2,1-6H3. The molecule has 8 heteroatoms. The van der Waals surface area contributed by atoms with Crippen LogP contribution in [0.4, 0.5) is 0 Å². The van der Waals surface area contributed by atoms with Gasteiger partial charge in [0.15, 0.2) is 0 Å². The van der Waals surface area contributed by atoms with E-state index in [9.17, 15) is 14.4 Å². The first-order chi connectivity index (χ1) is 24.2. The van der Waals surface area contributed by atoms with Gasteiger partial charge in [-0.1, -0.05) is 125 Å². The molecule has 1 aliphatic carbocycles. The molecule has 0 radical (unpaired) electrons. The van der Waals surface area contributed by atoms with E-state index in [4.69, 9.17) is 18.9 Å². The summed E-state index contributed by atoms with van der Waals surface area (Å²) in [5, 5.41) is 0. The Bertz CT molecular complexity index is 882. The summed E-state index contributed by atoms with van der Waals surface area (Å²) in [7, 11) is 0. The number of allylic oxidation sites excluding steroid dienone is 2. The van der Waals surface area contributed by atoms with Gasteiger partial charge < -0.3 is 18.9 Å². The fourth-order valence-corrected chi connectivity index (χ4v) is 6.37. The molecule has 1 saturated carbocycles. The van der Waals surface area contributed by atoms with Gasteiger partial charge >= 0.3 is 17.9 Å². The van der Waals surface area contributed by atoms with Crippen LogP contribution in [0.2, 0.25) is 0 Å². The molecule has 0 aliphatic heterocycles. The first kappa shape index (κ1) is 45.9. The maximum atomic E-state index is 12.9. The van der Waals surface area contributed by atoms with Gasteiger partial charge in [0.25, 0.3) is 0 Å². The van der Waals surface area contributed by atoms with Crippen molar-refractivity contribution in [3.63, 3.8) is 0 Å². The zero-order chi connectivity index (χ0) is 36.8. The van der Waals surface area contributed by atoms with Crippen LogP contribution in [0, 0.1) is 17.8 Å². The van der Waals surface area contributed by atoms with Gasteiger partial charge in [0.05, 0.1) is 51.8 Å². The minimum absolute atomic E-state index is 0.148. The van der Waals surface area contributed by atoms with Crippen LogP contribution in [0.15, 0.2) is 11.3 Å². The van der Waals surface area contributed by atoms with Crippen LogP contribution in [-0.4, -0.2) is 68.9 Å². The van der Waals surface area contributed by atoms with Gasteiger partial charge in [0.1, 0.15) is 0 Å². The topological polar surface area (TPSA) is 91.4 Å². The van der Waals surface area contributed by atoms with Gasteiger partial charge in [-0.05, 0) is 68.3 Å². The molecule has 0 heterocycles. The molecule has 0 bridgehead atoms. The molecular formula is C42H77NO7. The Balaban J connectivity index is 2.48. The van der Waals surface area contributed by atoms with Gasteiger partial charge in [-0.2, -0.15) is 0 Å². The maximum Gasteiger partial charge on any atom is 0.320 e. The number of carbonyl (C=O) groups is 3. The zero-order valence-electron chi connectivity index (χ0n) is 33.3. The van der Waals surface area contributed by atoms with Crippen LogP contribution in [-0.2, 0) is 33.3 Å². The summed E-state index contributed by atoms with van der Waals surface area (Å²) in [6, 6.07) is 0. The SMILES string of the molecule is CCCCCCCCOC(=O)CN(CC(=O)OCCCCCCCC)CC(=O)OCC(C)CCCCC(COC(CC)=C1CCC1)C(C)CC. The van der Waals surface area contributed by atoms with E-state index < -0.39 is 17.9 Å². The van der Waals surface area contributed by atoms with Gasteiger partial charge in [-0.3, -0.25) is 19.3 Å². The van der Waals surface area contributed by atoms with E-state index in [0.717, 1.165) is 83.7 Å². The third-order valence-corrected chi connectivity index (χ3v) is 10.2. The van der Waals surface area contributed by atoms with E-state index in [1.807, 2.05) is 0 Å². The number of ether oxygens (including phenoxy) is 4. The van der Waals surface area contributed by atoms with E-state index in [2.05, 4.69) is 41.5 Å². The second kappa shape index (κ2) is 30.5. The highest BCUT2D eigenvalue weighted by molar-refractivity contribution is 5.78. The minimum Gasteiger partial charge on any atom is -0.498 e. The first-order valence-electron chi connectivity index (χ1n) is 20.8. The molecule has 3 unspecified atom stereocenters. The lowest BCUT2D eigenvalue weighted by atomic mass is 9.87. The highest BCUT2D eigenvalue weighted by Crippen LogP contribution is 2.32. The lowest BCUT2D eigenvalue weighted by molar-refractivity contribution is -0.152. The summed E-state index contributed by atoms with van der Waals surface area (Å²) in [5.74, 6) is 1.33. The highest BCUT2D eigenvalue weighted by Gasteiger charge is 2.22. The Morgan fingerprint density at radius 3 is 1.58 bits per heavy atom. The molecule has 0 saturated heterocycles. The predicted molar refractivity (Wildman–Crippen MR) is 204 cm³/mol. The predicted octanol–water partition coefficient (Wildman–Crippen LogP) is 10.4. The molecule has 0 aromatic heterocycles. The third kappa shape index (κ3) is 23.4. The van der Waals surface area contributed by atoms with Gasteiger partial charge in [0, 0.05) is 6.42 Å². The van der Waals surface area contributed by atoms with Crippen molar-refractivity contribution in [1.82, 2.24) is 4.90 Å². The molecule has 1 fully saturated rings. The Kier molecular flexibility index (Phi) is 28.0. The summed E-state index contributed by atoms with van der Waals surface area (Å²) in [6.45, 7) is 14.7. The van der Waals surface area contributed by atoms with Crippen molar-refractivity contribution in [2.45, 2.75) is 176 Å². The largest absolute Gasteiger partial charge is 0.498 e. The van der Waals surface area contributed by atoms with Crippen LogP contribution in [0.1, 0.15) is 176 Å². The Labute approximate surface area is 307 Å². The average Bonchev–Trinajstić information content (AvgIpc) is 3.07. The van der Waals surface area contributed by atoms with Crippen molar-refractivity contribution in [2.24, 2.45) is 17.8 Å². The Morgan fingerprint density at radius 1 is 0.600 bits per heavy atom. The third-order valence-electron chi connectivity index (χ3n) is 10.2. The second-order valence-electron chi connectivity index (χ2n) is 14.9. The molecule has 1 aliphatic rings. The molecule has 0 aromatic rings. The monoisotopic (exact) mass is 708 g/mol. The zero-order valence-corrected chi connectivity index (χ0v) is 33.3. The van der Waals surface area contributed by atoms with Crippen molar-refractivity contribution in [1.29, 1.82) is 0 Å².